The molecule has 0 saturated heterocycles. The molecule has 8 rings (SSSR count). The van der Waals surface area contributed by atoms with E-state index < -0.39 is 11.1 Å². The summed E-state index contributed by atoms with van der Waals surface area (Å²) in [5.74, 6) is 0.414. The Hall–Kier alpha value is -7.67. The average Bonchev–Trinajstić information content (AvgIpc) is 3.23. The molecule has 0 fully saturated rings. The van der Waals surface area contributed by atoms with E-state index in [-0.39, 0.29) is 45.9 Å². The molecule has 15 nitrogen and oxygen atoms in total. The number of benzene rings is 5. The minimum Gasteiger partial charge on any atom is -0.871 e. The zero-order chi connectivity index (χ0) is 39.7. The molecule has 303 valence electrons. The summed E-state index contributed by atoms with van der Waals surface area (Å²) < 4.78 is 11.6. The second kappa shape index (κ2) is 24.1. The molecule has 0 spiro atoms. The fourth-order valence-electron chi connectivity index (χ4n) is 5.38. The number of para-hydroxylation sites is 3. The summed E-state index contributed by atoms with van der Waals surface area (Å²) in [4.78, 5) is 32.1. The van der Waals surface area contributed by atoms with Crippen LogP contribution in [0.1, 0.15) is 27.0 Å². The molecule has 0 aliphatic heterocycles. The van der Waals surface area contributed by atoms with Crippen LogP contribution < -0.4 is 14.6 Å². The van der Waals surface area contributed by atoms with Crippen LogP contribution in [0.3, 0.4) is 0 Å². The Morgan fingerprint density at radius 2 is 1.02 bits per heavy atom. The van der Waals surface area contributed by atoms with E-state index in [0.29, 0.717) is 29.0 Å². The van der Waals surface area contributed by atoms with E-state index in [2.05, 4.69) is 21.0 Å². The fourth-order valence-corrected chi connectivity index (χ4v) is 5.38. The van der Waals surface area contributed by atoms with E-state index >= 15 is 0 Å². The third-order valence-corrected chi connectivity index (χ3v) is 7.94. The first-order chi connectivity index (χ1) is 27.2. The zero-order valence-corrected chi connectivity index (χ0v) is 31.7. The first kappa shape index (κ1) is 47.5. The number of carboxylic acid groups (broad SMARTS) is 1. The predicted octanol–water partition coefficient (Wildman–Crippen LogP) is 6.61. The number of nitriles is 1. The van der Waals surface area contributed by atoms with Crippen LogP contribution >= 0.6 is 0 Å². The van der Waals surface area contributed by atoms with E-state index in [4.69, 9.17) is 35.2 Å². The summed E-state index contributed by atoms with van der Waals surface area (Å²) in [7, 11) is 0. The van der Waals surface area contributed by atoms with E-state index in [0.717, 1.165) is 38.5 Å². The van der Waals surface area contributed by atoms with E-state index in [1.807, 2.05) is 97.1 Å². The van der Waals surface area contributed by atoms with Gasteiger partial charge in [0, 0.05) is 40.5 Å². The van der Waals surface area contributed by atoms with Crippen LogP contribution in [-0.4, -0.2) is 42.1 Å². The van der Waals surface area contributed by atoms with Crippen molar-refractivity contribution in [3.8, 4) is 23.3 Å². The number of aromatic nitrogens is 3. The average molecular weight is 845 g/mol. The molecule has 0 atom stereocenters. The summed E-state index contributed by atoms with van der Waals surface area (Å²) in [6.07, 6.45) is 5.09. The van der Waals surface area contributed by atoms with Gasteiger partial charge in [0.05, 0.1) is 27.8 Å². The molecule has 0 aliphatic carbocycles. The van der Waals surface area contributed by atoms with Gasteiger partial charge < -0.3 is 46.0 Å². The van der Waals surface area contributed by atoms with Gasteiger partial charge in [-0.2, -0.15) is 5.26 Å². The summed E-state index contributed by atoms with van der Waals surface area (Å²) in [5, 5.41) is 47.0. The molecular weight excluding hydrogens is 810 g/mol. The Bertz CT molecular complexity index is 2620. The number of aromatic carboxylic acids is 1. The van der Waals surface area contributed by atoms with Crippen LogP contribution in [0.4, 0.5) is 0 Å². The van der Waals surface area contributed by atoms with Gasteiger partial charge in [0.1, 0.15) is 35.7 Å². The number of pyridine rings is 3. The SMILES string of the molecule is N#Cc1ccccc1COc1cccc2cccnc12.O.O.O=C(O)c1ccccc1COc1cccc2cccnc12.O=[N+]([O-])[O-].[Cu+2].[O-]c1cccc2cccnc12. The maximum Gasteiger partial charge on any atom is 2.00 e. The number of nitrogens with zero attached hydrogens (tertiary/aromatic N) is 5. The van der Waals surface area contributed by atoms with Crippen molar-refractivity contribution >= 4 is 38.7 Å². The maximum absolute atomic E-state index is 11.2. The van der Waals surface area contributed by atoms with Gasteiger partial charge in [-0.25, -0.2) is 4.79 Å². The topological polar surface area (TPSA) is 270 Å². The van der Waals surface area contributed by atoms with Crippen molar-refractivity contribution in [1.82, 2.24) is 15.0 Å². The third kappa shape index (κ3) is 13.5. The summed E-state index contributed by atoms with van der Waals surface area (Å²) >= 11 is 0. The van der Waals surface area contributed by atoms with Gasteiger partial charge in [0.15, 0.2) is 0 Å². The van der Waals surface area contributed by atoms with Crippen LogP contribution in [0, 0.1) is 26.7 Å². The molecule has 0 amide bonds. The van der Waals surface area contributed by atoms with Gasteiger partial charge in [-0.05, 0) is 47.9 Å². The minimum absolute atomic E-state index is 0. The van der Waals surface area contributed by atoms with Crippen molar-refractivity contribution in [3.63, 3.8) is 0 Å². The Kier molecular flexibility index (Phi) is 19.4. The van der Waals surface area contributed by atoms with Gasteiger partial charge in [-0.3, -0.25) is 15.0 Å². The maximum atomic E-state index is 11.2. The first-order valence-corrected chi connectivity index (χ1v) is 16.8. The monoisotopic (exact) mass is 844 g/mol. The fraction of sp³-hybridized carbons (Fsp3) is 0.0465. The molecule has 59 heavy (non-hydrogen) atoms. The van der Waals surface area contributed by atoms with Crippen molar-refractivity contribution < 1.29 is 57.6 Å². The third-order valence-electron chi connectivity index (χ3n) is 7.94. The number of hydrogen-bond donors (Lipinski definition) is 1. The molecule has 0 saturated carbocycles. The van der Waals surface area contributed by atoms with Crippen LogP contribution in [0.15, 0.2) is 158 Å². The smallest absolute Gasteiger partial charge is 0.871 e. The summed E-state index contributed by atoms with van der Waals surface area (Å²) in [6, 6.07) is 44.5. The van der Waals surface area contributed by atoms with E-state index in [1.165, 1.54) is 6.07 Å². The zero-order valence-electron chi connectivity index (χ0n) is 30.8. The molecule has 8 aromatic rings. The number of rotatable bonds is 7. The molecule has 1 radical (unpaired) electrons. The van der Waals surface area contributed by atoms with Crippen LogP contribution in [0.5, 0.6) is 17.2 Å². The van der Waals surface area contributed by atoms with E-state index in [1.54, 1.807) is 55.0 Å². The Morgan fingerprint density at radius 1 is 0.610 bits per heavy atom. The Labute approximate surface area is 347 Å². The number of carboxylic acids is 1. The van der Waals surface area contributed by atoms with Crippen LogP contribution in [0.25, 0.3) is 32.7 Å². The molecule has 0 unspecified atom stereocenters. The number of hydrogen-bond acceptors (Lipinski definition) is 11. The second-order valence-corrected chi connectivity index (χ2v) is 11.5. The molecule has 5 N–H and O–H groups in total. The van der Waals surface area contributed by atoms with Gasteiger partial charge in [-0.15, -0.1) is 0 Å². The summed E-state index contributed by atoms with van der Waals surface area (Å²) in [5.41, 5.74) is 4.57. The number of carbonyl (C=O) groups is 1. The summed E-state index contributed by atoms with van der Waals surface area (Å²) in [6.45, 7) is 0.553. The standard InChI is InChI=1S/C17H12N2O.C17H13NO3.C9H7NO.Cu.NO3.2H2O/c18-11-14-5-1-2-6-15(14)12-20-16-9-3-7-13-8-4-10-19-17(13)16;19-17(20)14-8-2-1-5-13(14)11-21-15-9-3-6-12-7-4-10-18-16(12)15;11-8-5-1-3-7-4-2-6-10-9(7)8;;2-1(3)4;;/h1-10H,12H2;1-10H,11H2,(H,19,20);1-6,11H;;;2*1H2/q;;;+2;-1;;/p-1. The van der Waals surface area contributed by atoms with Crippen LogP contribution in [0.2, 0.25) is 0 Å². The second-order valence-electron chi connectivity index (χ2n) is 11.5. The molecular formula is C43H35CuN5O10. The van der Waals surface area contributed by atoms with E-state index in [9.17, 15) is 9.90 Å². The van der Waals surface area contributed by atoms with Gasteiger partial charge in [0.2, 0.25) is 0 Å². The minimum atomic E-state index is -1.75. The van der Waals surface area contributed by atoms with Gasteiger partial charge in [-0.1, -0.05) is 103 Å². The van der Waals surface area contributed by atoms with Crippen molar-refractivity contribution in [2.45, 2.75) is 13.2 Å². The largest absolute Gasteiger partial charge is 2.00 e. The quantitative estimate of drug-likeness (QED) is 0.101. The van der Waals surface area contributed by atoms with Crippen LogP contribution in [-0.2, 0) is 30.3 Å². The first-order valence-electron chi connectivity index (χ1n) is 16.8. The number of fused-ring (bicyclic) bond motifs is 3. The number of ether oxygens (including phenoxy) is 2. The molecule has 5 aromatic carbocycles. The normalized spacial score (nSPS) is 9.47. The van der Waals surface area contributed by atoms with Gasteiger partial charge >= 0.3 is 23.0 Å². The van der Waals surface area contributed by atoms with Gasteiger partial charge in [0.25, 0.3) is 0 Å². The van der Waals surface area contributed by atoms with Crippen molar-refractivity contribution in [3.05, 3.63) is 196 Å². The van der Waals surface area contributed by atoms with Crippen molar-refractivity contribution in [2.75, 3.05) is 0 Å². The Balaban J connectivity index is 0.000000295. The van der Waals surface area contributed by atoms with Crippen molar-refractivity contribution in [2.24, 2.45) is 0 Å². The Morgan fingerprint density at radius 3 is 1.51 bits per heavy atom. The predicted molar refractivity (Wildman–Crippen MR) is 215 cm³/mol. The van der Waals surface area contributed by atoms with Crippen molar-refractivity contribution in [1.29, 1.82) is 5.26 Å². The molecule has 0 bridgehead atoms. The molecule has 3 aromatic heterocycles. The molecule has 3 heterocycles. The molecule has 16 heteroatoms. The molecule has 0 aliphatic rings.